The molecule has 0 aliphatic heterocycles. The first-order valence-electron chi connectivity index (χ1n) is 8.54. The van der Waals surface area contributed by atoms with Crippen molar-refractivity contribution in [3.63, 3.8) is 0 Å². The van der Waals surface area contributed by atoms with E-state index < -0.39 is 0 Å². The summed E-state index contributed by atoms with van der Waals surface area (Å²) in [4.78, 5) is 18.9. The third kappa shape index (κ3) is 2.58. The van der Waals surface area contributed by atoms with Crippen LogP contribution in [0.25, 0.3) is 10.9 Å². The number of hydrogen-bond acceptors (Lipinski definition) is 2. The van der Waals surface area contributed by atoms with Crippen molar-refractivity contribution >= 4 is 10.9 Å². The van der Waals surface area contributed by atoms with Crippen LogP contribution in [0.3, 0.4) is 0 Å². The number of aromatic nitrogens is 1. The molecule has 0 saturated heterocycles. The lowest BCUT2D eigenvalue weighted by Gasteiger charge is -2.21. The molecule has 2 aromatic rings. The Morgan fingerprint density at radius 3 is 2.59 bits per heavy atom. The van der Waals surface area contributed by atoms with E-state index in [1.165, 1.54) is 24.0 Å². The number of rotatable bonds is 4. The molecule has 3 nitrogen and oxygen atoms in total. The smallest absolute Gasteiger partial charge is 0.194 e. The van der Waals surface area contributed by atoms with Crippen molar-refractivity contribution < 1.29 is 0 Å². The summed E-state index contributed by atoms with van der Waals surface area (Å²) in [5.41, 5.74) is 5.88. The van der Waals surface area contributed by atoms with Gasteiger partial charge in [-0.05, 0) is 62.9 Å². The number of nitrogens with zero attached hydrogens (tertiary/aromatic N) is 1. The van der Waals surface area contributed by atoms with Crippen LogP contribution in [0.1, 0.15) is 49.1 Å². The molecule has 0 bridgehead atoms. The maximum atomic E-state index is 13.1. The molecule has 1 aromatic heterocycles. The number of hydrogen-bond donors (Lipinski definition) is 1. The number of nitrogens with one attached hydrogen (secondary N) is 1. The van der Waals surface area contributed by atoms with Crippen LogP contribution in [0.15, 0.2) is 16.9 Å². The number of H-pyrrole nitrogens is 1. The highest BCUT2D eigenvalue weighted by molar-refractivity contribution is 5.84. The third-order valence-electron chi connectivity index (χ3n) is 5.08. The first-order valence-corrected chi connectivity index (χ1v) is 8.54. The predicted octanol–water partition coefficient (Wildman–Crippen LogP) is 3.56. The van der Waals surface area contributed by atoms with E-state index in [1.54, 1.807) is 0 Å². The lowest BCUT2D eigenvalue weighted by molar-refractivity contribution is 0.294. The van der Waals surface area contributed by atoms with Gasteiger partial charge in [0.2, 0.25) is 0 Å². The quantitative estimate of drug-likeness (QED) is 0.937. The number of aromatic amines is 1. The van der Waals surface area contributed by atoms with Gasteiger partial charge in [-0.25, -0.2) is 0 Å². The molecule has 22 heavy (non-hydrogen) atoms. The minimum Gasteiger partial charge on any atom is -0.358 e. The molecule has 3 heteroatoms. The van der Waals surface area contributed by atoms with Gasteiger partial charge in [-0.3, -0.25) is 9.69 Å². The minimum atomic E-state index is 0.247. The maximum absolute atomic E-state index is 13.1. The predicted molar refractivity (Wildman–Crippen MR) is 92.6 cm³/mol. The summed E-state index contributed by atoms with van der Waals surface area (Å²) in [5, 5.41) is 0.949. The van der Waals surface area contributed by atoms with E-state index in [2.05, 4.69) is 35.9 Å². The molecule has 0 atom stereocenters. The van der Waals surface area contributed by atoms with Gasteiger partial charge in [0, 0.05) is 28.7 Å². The summed E-state index contributed by atoms with van der Waals surface area (Å²) in [6.45, 7) is 9.01. The fourth-order valence-electron chi connectivity index (χ4n) is 3.65. The van der Waals surface area contributed by atoms with Crippen molar-refractivity contribution in [2.75, 3.05) is 13.1 Å². The summed E-state index contributed by atoms with van der Waals surface area (Å²) in [6, 6.07) is 4.30. The molecule has 1 aliphatic carbocycles. The Balaban J connectivity index is 2.20. The molecular weight excluding hydrogens is 272 g/mol. The van der Waals surface area contributed by atoms with Crippen molar-refractivity contribution in [1.82, 2.24) is 9.88 Å². The van der Waals surface area contributed by atoms with Gasteiger partial charge in [0.05, 0.1) is 0 Å². The molecule has 0 saturated carbocycles. The highest BCUT2D eigenvalue weighted by Gasteiger charge is 2.18. The normalized spacial score (nSPS) is 14.5. The second-order valence-electron chi connectivity index (χ2n) is 6.35. The first kappa shape index (κ1) is 15.3. The molecule has 118 valence electrons. The maximum Gasteiger partial charge on any atom is 0.194 e. The zero-order chi connectivity index (χ0) is 15.7. The van der Waals surface area contributed by atoms with E-state index in [1.807, 2.05) is 6.92 Å². The molecule has 0 spiro atoms. The van der Waals surface area contributed by atoms with Crippen LogP contribution in [0.5, 0.6) is 0 Å². The Hall–Kier alpha value is -1.61. The average molecular weight is 298 g/mol. The highest BCUT2D eigenvalue weighted by atomic mass is 16.1. The molecule has 0 amide bonds. The summed E-state index contributed by atoms with van der Waals surface area (Å²) >= 11 is 0. The van der Waals surface area contributed by atoms with Crippen LogP contribution in [0.4, 0.5) is 0 Å². The van der Waals surface area contributed by atoms with Crippen molar-refractivity contribution in [1.29, 1.82) is 0 Å². The summed E-state index contributed by atoms with van der Waals surface area (Å²) in [7, 11) is 0. The molecule has 3 rings (SSSR count). The van der Waals surface area contributed by atoms with Gasteiger partial charge in [0.15, 0.2) is 5.43 Å². The van der Waals surface area contributed by atoms with Crippen LogP contribution in [-0.4, -0.2) is 23.0 Å². The standard InChI is InChI=1S/C19H26N2O/c1-4-21(5-2)12-16-13(3)20-17-11-10-14-8-6-7-9-15(14)18(17)19(16)22/h10-11H,4-9,12H2,1-3H3,(H,20,22). The van der Waals surface area contributed by atoms with E-state index in [9.17, 15) is 4.79 Å². The van der Waals surface area contributed by atoms with Gasteiger partial charge in [-0.15, -0.1) is 0 Å². The van der Waals surface area contributed by atoms with Crippen LogP contribution in [0, 0.1) is 6.92 Å². The lowest BCUT2D eigenvalue weighted by atomic mass is 9.88. The summed E-state index contributed by atoms with van der Waals surface area (Å²) in [5.74, 6) is 0. The molecule has 1 aliphatic rings. The van der Waals surface area contributed by atoms with Gasteiger partial charge < -0.3 is 4.98 Å². The van der Waals surface area contributed by atoms with Gasteiger partial charge in [0.25, 0.3) is 0 Å². The van der Waals surface area contributed by atoms with Crippen LogP contribution in [-0.2, 0) is 19.4 Å². The SMILES string of the molecule is CCN(CC)Cc1c(C)[nH]c2ccc3c(c2c1=O)CCCC3. The van der Waals surface area contributed by atoms with Crippen molar-refractivity contribution in [3.05, 3.63) is 44.7 Å². The zero-order valence-corrected chi connectivity index (χ0v) is 14.0. The molecule has 1 aromatic carbocycles. The number of benzene rings is 1. The molecule has 1 N–H and O–H groups in total. The van der Waals surface area contributed by atoms with Crippen molar-refractivity contribution in [2.45, 2.75) is 53.0 Å². The van der Waals surface area contributed by atoms with Crippen molar-refractivity contribution in [3.8, 4) is 0 Å². The molecular formula is C19H26N2O. The van der Waals surface area contributed by atoms with E-state index >= 15 is 0 Å². The molecule has 1 heterocycles. The minimum absolute atomic E-state index is 0.247. The molecule has 0 unspecified atom stereocenters. The Morgan fingerprint density at radius 1 is 1.14 bits per heavy atom. The van der Waals surface area contributed by atoms with Gasteiger partial charge in [0.1, 0.15) is 0 Å². The fourth-order valence-corrected chi connectivity index (χ4v) is 3.65. The van der Waals surface area contributed by atoms with E-state index in [0.29, 0.717) is 0 Å². The van der Waals surface area contributed by atoms with E-state index in [0.717, 1.165) is 54.6 Å². The zero-order valence-electron chi connectivity index (χ0n) is 14.0. The van der Waals surface area contributed by atoms with Crippen LogP contribution in [0.2, 0.25) is 0 Å². The Bertz CT molecular complexity index is 741. The Labute approximate surface area is 132 Å². The van der Waals surface area contributed by atoms with Gasteiger partial charge in [-0.2, -0.15) is 0 Å². The topological polar surface area (TPSA) is 36.1 Å². The Kier molecular flexibility index (Phi) is 4.34. The number of fused-ring (bicyclic) bond motifs is 3. The number of aryl methyl sites for hydroxylation is 3. The second kappa shape index (κ2) is 6.25. The largest absolute Gasteiger partial charge is 0.358 e. The van der Waals surface area contributed by atoms with Crippen LogP contribution < -0.4 is 5.43 Å². The summed E-state index contributed by atoms with van der Waals surface area (Å²) in [6.07, 6.45) is 4.60. The Morgan fingerprint density at radius 2 is 1.86 bits per heavy atom. The molecule has 0 radical (unpaired) electrons. The highest BCUT2D eigenvalue weighted by Crippen LogP contribution is 2.27. The van der Waals surface area contributed by atoms with Crippen molar-refractivity contribution in [2.24, 2.45) is 0 Å². The summed E-state index contributed by atoms with van der Waals surface area (Å²) < 4.78 is 0. The number of pyridine rings is 1. The van der Waals surface area contributed by atoms with E-state index in [-0.39, 0.29) is 5.43 Å². The van der Waals surface area contributed by atoms with Gasteiger partial charge >= 0.3 is 0 Å². The monoisotopic (exact) mass is 298 g/mol. The first-order chi connectivity index (χ1) is 10.7. The molecule has 0 fully saturated rings. The average Bonchev–Trinajstić information content (AvgIpc) is 2.54. The van der Waals surface area contributed by atoms with Gasteiger partial charge in [-0.1, -0.05) is 19.9 Å². The lowest BCUT2D eigenvalue weighted by Crippen LogP contribution is -2.27. The fraction of sp³-hybridized carbons (Fsp3) is 0.526. The third-order valence-corrected chi connectivity index (χ3v) is 5.08. The van der Waals surface area contributed by atoms with Crippen LogP contribution >= 0.6 is 0 Å². The van der Waals surface area contributed by atoms with E-state index in [4.69, 9.17) is 0 Å². The second-order valence-corrected chi connectivity index (χ2v) is 6.35.